The molecule has 0 bridgehead atoms. The zero-order chi connectivity index (χ0) is 15.2. The second-order valence-electron chi connectivity index (χ2n) is 5.71. The van der Waals surface area contributed by atoms with Gasteiger partial charge >= 0.3 is 0 Å². The summed E-state index contributed by atoms with van der Waals surface area (Å²) in [5, 5.41) is 3.70. The molecule has 0 aliphatic carbocycles. The van der Waals surface area contributed by atoms with Crippen molar-refractivity contribution in [3.8, 4) is 0 Å². The van der Waals surface area contributed by atoms with E-state index in [0.717, 1.165) is 25.8 Å². The van der Waals surface area contributed by atoms with Crippen LogP contribution in [0.3, 0.4) is 0 Å². The highest BCUT2D eigenvalue weighted by Crippen LogP contribution is 2.35. The van der Waals surface area contributed by atoms with Gasteiger partial charge in [-0.3, -0.25) is 0 Å². The van der Waals surface area contributed by atoms with Crippen molar-refractivity contribution >= 4 is 0 Å². The normalized spacial score (nSPS) is 13.5. The average molecular weight is 277 g/mol. The topological polar surface area (TPSA) is 21.3 Å². The van der Waals surface area contributed by atoms with Gasteiger partial charge in [0.05, 0.1) is 11.6 Å². The Kier molecular flexibility index (Phi) is 6.70. The first kappa shape index (κ1) is 17.2. The van der Waals surface area contributed by atoms with E-state index >= 15 is 0 Å². The van der Waals surface area contributed by atoms with Crippen molar-refractivity contribution in [1.29, 1.82) is 0 Å². The first-order valence-electron chi connectivity index (χ1n) is 7.90. The van der Waals surface area contributed by atoms with Crippen molar-refractivity contribution in [2.45, 2.75) is 65.5 Å². The zero-order valence-electron chi connectivity index (χ0n) is 14.0. The van der Waals surface area contributed by atoms with E-state index in [9.17, 15) is 0 Å². The van der Waals surface area contributed by atoms with Crippen molar-refractivity contribution in [2.75, 3.05) is 13.7 Å². The molecule has 0 saturated carbocycles. The van der Waals surface area contributed by atoms with E-state index in [0.29, 0.717) is 0 Å². The molecule has 1 rings (SSSR count). The first-order chi connectivity index (χ1) is 9.54. The molecule has 1 atom stereocenters. The molecule has 20 heavy (non-hydrogen) atoms. The van der Waals surface area contributed by atoms with Gasteiger partial charge in [0, 0.05) is 7.11 Å². The van der Waals surface area contributed by atoms with Gasteiger partial charge in [-0.2, -0.15) is 0 Å². The standard InChI is InChI=1S/C18H31NO/c1-7-12-19-17(18(8-2,9-3)20-6)16-11-10-14(4)15(5)13-16/h10-11,13,17,19H,7-9,12H2,1-6H3. The van der Waals surface area contributed by atoms with Crippen LogP contribution in [0, 0.1) is 13.8 Å². The zero-order valence-corrected chi connectivity index (χ0v) is 14.0. The van der Waals surface area contributed by atoms with Crippen molar-refractivity contribution in [1.82, 2.24) is 5.32 Å². The van der Waals surface area contributed by atoms with E-state index < -0.39 is 0 Å². The van der Waals surface area contributed by atoms with Crippen LogP contribution in [0.1, 0.15) is 62.8 Å². The monoisotopic (exact) mass is 277 g/mol. The van der Waals surface area contributed by atoms with Crippen molar-refractivity contribution in [3.05, 3.63) is 34.9 Å². The molecule has 2 nitrogen and oxygen atoms in total. The van der Waals surface area contributed by atoms with Crippen LogP contribution < -0.4 is 5.32 Å². The van der Waals surface area contributed by atoms with E-state index in [1.165, 1.54) is 16.7 Å². The predicted octanol–water partition coefficient (Wildman–Crippen LogP) is 4.55. The number of ether oxygens (including phenoxy) is 1. The Bertz CT molecular complexity index is 402. The Morgan fingerprint density at radius 3 is 2.20 bits per heavy atom. The minimum absolute atomic E-state index is 0.128. The van der Waals surface area contributed by atoms with Gasteiger partial charge < -0.3 is 10.1 Å². The Balaban J connectivity index is 3.19. The molecule has 2 heteroatoms. The molecule has 1 unspecified atom stereocenters. The van der Waals surface area contributed by atoms with E-state index in [4.69, 9.17) is 4.74 Å². The molecule has 0 saturated heterocycles. The van der Waals surface area contributed by atoms with E-state index in [2.05, 4.69) is 58.1 Å². The third kappa shape index (κ3) is 3.62. The fourth-order valence-electron chi connectivity index (χ4n) is 2.91. The largest absolute Gasteiger partial charge is 0.376 e. The van der Waals surface area contributed by atoms with Gasteiger partial charge in [-0.25, -0.2) is 0 Å². The molecule has 0 aromatic heterocycles. The second kappa shape index (κ2) is 7.80. The lowest BCUT2D eigenvalue weighted by molar-refractivity contribution is -0.0485. The third-order valence-corrected chi connectivity index (χ3v) is 4.59. The van der Waals surface area contributed by atoms with Crippen molar-refractivity contribution < 1.29 is 4.74 Å². The van der Waals surface area contributed by atoms with Gasteiger partial charge in [-0.05, 0) is 56.3 Å². The molecular formula is C18H31NO. The Hall–Kier alpha value is -0.860. The smallest absolute Gasteiger partial charge is 0.0867 e. The minimum atomic E-state index is -0.128. The molecule has 1 aromatic carbocycles. The van der Waals surface area contributed by atoms with E-state index in [-0.39, 0.29) is 11.6 Å². The fourth-order valence-corrected chi connectivity index (χ4v) is 2.91. The average Bonchev–Trinajstić information content (AvgIpc) is 2.47. The van der Waals surface area contributed by atoms with Crippen LogP contribution in [-0.2, 0) is 4.74 Å². The molecule has 0 heterocycles. The molecule has 0 radical (unpaired) electrons. The number of aryl methyl sites for hydroxylation is 2. The van der Waals surface area contributed by atoms with Gasteiger partial charge in [0.25, 0.3) is 0 Å². The lowest BCUT2D eigenvalue weighted by Crippen LogP contribution is -2.45. The fraction of sp³-hybridized carbons (Fsp3) is 0.667. The van der Waals surface area contributed by atoms with Crippen LogP contribution >= 0.6 is 0 Å². The van der Waals surface area contributed by atoms with Crippen molar-refractivity contribution in [2.24, 2.45) is 0 Å². The summed E-state index contributed by atoms with van der Waals surface area (Å²) in [5.41, 5.74) is 3.91. The van der Waals surface area contributed by atoms with Gasteiger partial charge in [0.1, 0.15) is 0 Å². The van der Waals surface area contributed by atoms with Gasteiger partial charge in [0.15, 0.2) is 0 Å². The lowest BCUT2D eigenvalue weighted by Gasteiger charge is -2.39. The Morgan fingerprint density at radius 1 is 1.10 bits per heavy atom. The quantitative estimate of drug-likeness (QED) is 0.752. The third-order valence-electron chi connectivity index (χ3n) is 4.59. The number of hydrogen-bond acceptors (Lipinski definition) is 2. The van der Waals surface area contributed by atoms with Crippen LogP contribution in [0.2, 0.25) is 0 Å². The molecule has 0 spiro atoms. The summed E-state index contributed by atoms with van der Waals surface area (Å²) >= 11 is 0. The summed E-state index contributed by atoms with van der Waals surface area (Å²) in [7, 11) is 1.84. The Morgan fingerprint density at radius 2 is 1.75 bits per heavy atom. The summed E-state index contributed by atoms with van der Waals surface area (Å²) < 4.78 is 5.96. The van der Waals surface area contributed by atoms with Crippen LogP contribution in [0.5, 0.6) is 0 Å². The van der Waals surface area contributed by atoms with Gasteiger partial charge in [-0.15, -0.1) is 0 Å². The van der Waals surface area contributed by atoms with E-state index in [1.807, 2.05) is 7.11 Å². The van der Waals surface area contributed by atoms with Crippen LogP contribution in [0.25, 0.3) is 0 Å². The second-order valence-corrected chi connectivity index (χ2v) is 5.71. The van der Waals surface area contributed by atoms with E-state index in [1.54, 1.807) is 0 Å². The highest BCUT2D eigenvalue weighted by Gasteiger charge is 2.36. The van der Waals surface area contributed by atoms with Gasteiger partial charge in [-0.1, -0.05) is 39.0 Å². The number of methoxy groups -OCH3 is 1. The molecule has 114 valence electrons. The van der Waals surface area contributed by atoms with Crippen LogP contribution in [0.4, 0.5) is 0 Å². The molecule has 1 N–H and O–H groups in total. The number of nitrogens with one attached hydrogen (secondary N) is 1. The maximum Gasteiger partial charge on any atom is 0.0867 e. The molecular weight excluding hydrogens is 246 g/mol. The summed E-state index contributed by atoms with van der Waals surface area (Å²) in [6.45, 7) is 12.0. The predicted molar refractivity (Wildman–Crippen MR) is 87.3 cm³/mol. The highest BCUT2D eigenvalue weighted by atomic mass is 16.5. The van der Waals surface area contributed by atoms with Crippen LogP contribution in [-0.4, -0.2) is 19.3 Å². The number of rotatable bonds is 8. The Labute approximate surface area is 124 Å². The van der Waals surface area contributed by atoms with Crippen LogP contribution in [0.15, 0.2) is 18.2 Å². The number of benzene rings is 1. The summed E-state index contributed by atoms with van der Waals surface area (Å²) in [6.07, 6.45) is 3.15. The summed E-state index contributed by atoms with van der Waals surface area (Å²) in [4.78, 5) is 0. The maximum absolute atomic E-state index is 5.96. The summed E-state index contributed by atoms with van der Waals surface area (Å²) in [5.74, 6) is 0. The molecule has 0 aliphatic rings. The maximum atomic E-state index is 5.96. The number of hydrogen-bond donors (Lipinski definition) is 1. The first-order valence-corrected chi connectivity index (χ1v) is 7.90. The SMILES string of the molecule is CCCNC(c1ccc(C)c(C)c1)C(CC)(CC)OC. The highest BCUT2D eigenvalue weighted by molar-refractivity contribution is 5.33. The lowest BCUT2D eigenvalue weighted by atomic mass is 9.83. The summed E-state index contributed by atoms with van der Waals surface area (Å²) in [6, 6.07) is 7.02. The molecule has 0 amide bonds. The molecule has 0 aliphatic heterocycles. The molecule has 0 fully saturated rings. The molecule has 1 aromatic rings. The minimum Gasteiger partial charge on any atom is -0.376 e. The van der Waals surface area contributed by atoms with Crippen molar-refractivity contribution in [3.63, 3.8) is 0 Å². The van der Waals surface area contributed by atoms with Gasteiger partial charge in [0.2, 0.25) is 0 Å².